The van der Waals surface area contributed by atoms with Crippen molar-refractivity contribution >= 4 is 35.5 Å². The van der Waals surface area contributed by atoms with Gasteiger partial charge in [-0.2, -0.15) is 5.10 Å². The van der Waals surface area contributed by atoms with Crippen LogP contribution in [0.1, 0.15) is 49.7 Å². The highest BCUT2D eigenvalue weighted by atomic mass is 35.5. The van der Waals surface area contributed by atoms with Crippen molar-refractivity contribution in [1.29, 1.82) is 0 Å². The maximum absolute atomic E-state index is 12.3. The van der Waals surface area contributed by atoms with Gasteiger partial charge in [-0.15, -0.1) is 10.2 Å². The smallest absolute Gasteiger partial charge is 0.250 e. The topological polar surface area (TPSA) is 85.3 Å². The number of hydrazone groups is 1. The molecule has 0 spiro atoms. The lowest BCUT2D eigenvalue weighted by molar-refractivity contribution is -0.118. The van der Waals surface area contributed by atoms with Crippen LogP contribution in [-0.2, 0) is 4.79 Å². The second-order valence-corrected chi connectivity index (χ2v) is 8.88. The molecule has 1 amide bonds. The summed E-state index contributed by atoms with van der Waals surface area (Å²) in [4.78, 5) is 12.3. The average molecular weight is 458 g/mol. The number of halogens is 1. The number of amides is 1. The van der Waals surface area contributed by atoms with Crippen LogP contribution >= 0.6 is 23.4 Å². The Bertz CT molecular complexity index is 1050. The van der Waals surface area contributed by atoms with Gasteiger partial charge in [0.15, 0.2) is 11.0 Å². The number of carbonyl (C=O) groups is 1. The van der Waals surface area contributed by atoms with Crippen LogP contribution in [0.4, 0.5) is 0 Å². The first kappa shape index (κ1) is 21.6. The molecule has 0 saturated heterocycles. The second kappa shape index (κ2) is 10.2. The van der Waals surface area contributed by atoms with Gasteiger partial charge in [0, 0.05) is 16.6 Å². The van der Waals surface area contributed by atoms with Crippen LogP contribution in [0.3, 0.4) is 0 Å². The van der Waals surface area contributed by atoms with Crippen LogP contribution in [-0.4, -0.2) is 32.6 Å². The lowest BCUT2D eigenvalue weighted by atomic mass is 9.95. The first-order valence-corrected chi connectivity index (χ1v) is 11.7. The summed E-state index contributed by atoms with van der Waals surface area (Å²) in [6, 6.07) is 11.6. The minimum Gasteiger partial charge on any atom is -0.460 e. The van der Waals surface area contributed by atoms with E-state index < -0.39 is 0 Å². The molecule has 31 heavy (non-hydrogen) atoms. The molecule has 0 unspecified atom stereocenters. The van der Waals surface area contributed by atoms with Gasteiger partial charge in [-0.05, 0) is 56.2 Å². The van der Waals surface area contributed by atoms with E-state index in [0.717, 1.165) is 35.1 Å². The number of benzene rings is 1. The average Bonchev–Trinajstić information content (AvgIpc) is 3.39. The van der Waals surface area contributed by atoms with Crippen molar-refractivity contribution in [2.45, 2.75) is 50.2 Å². The number of hydrogen-bond acceptors (Lipinski definition) is 6. The first-order chi connectivity index (χ1) is 15.1. The molecule has 0 bridgehead atoms. The lowest BCUT2D eigenvalue weighted by Crippen LogP contribution is -2.20. The van der Waals surface area contributed by atoms with Crippen molar-refractivity contribution in [3.05, 3.63) is 52.9 Å². The molecule has 162 valence electrons. The van der Waals surface area contributed by atoms with Gasteiger partial charge in [0.2, 0.25) is 0 Å². The Morgan fingerprint density at radius 3 is 2.71 bits per heavy atom. The molecular formula is C22H24ClN5O2S. The van der Waals surface area contributed by atoms with E-state index in [2.05, 4.69) is 25.3 Å². The molecular weight excluding hydrogens is 434 g/mol. The zero-order valence-electron chi connectivity index (χ0n) is 17.3. The molecule has 0 aliphatic heterocycles. The molecule has 1 aliphatic carbocycles. The van der Waals surface area contributed by atoms with Gasteiger partial charge in [-0.1, -0.05) is 42.6 Å². The molecule has 2 heterocycles. The Hall–Kier alpha value is -2.58. The number of carbonyl (C=O) groups excluding carboxylic acids is 1. The largest absolute Gasteiger partial charge is 0.460 e. The summed E-state index contributed by atoms with van der Waals surface area (Å²) in [5, 5.41) is 14.2. The summed E-state index contributed by atoms with van der Waals surface area (Å²) < 4.78 is 7.58. The Morgan fingerprint density at radius 1 is 1.23 bits per heavy atom. The van der Waals surface area contributed by atoms with E-state index in [4.69, 9.17) is 16.0 Å². The molecule has 7 nitrogen and oxygen atoms in total. The van der Waals surface area contributed by atoms with E-state index in [9.17, 15) is 4.79 Å². The first-order valence-electron chi connectivity index (χ1n) is 10.3. The van der Waals surface area contributed by atoms with Gasteiger partial charge in [0.1, 0.15) is 11.5 Å². The summed E-state index contributed by atoms with van der Waals surface area (Å²) in [5.74, 6) is 2.19. The van der Waals surface area contributed by atoms with Crippen LogP contribution in [0.25, 0.3) is 11.4 Å². The molecule has 2 aromatic heterocycles. The monoisotopic (exact) mass is 457 g/mol. The van der Waals surface area contributed by atoms with E-state index in [1.807, 2.05) is 37.3 Å². The molecule has 1 saturated carbocycles. The Morgan fingerprint density at radius 2 is 2.00 bits per heavy atom. The summed E-state index contributed by atoms with van der Waals surface area (Å²) in [6.07, 6.45) is 7.30. The number of aryl methyl sites for hydroxylation is 1. The van der Waals surface area contributed by atoms with E-state index in [-0.39, 0.29) is 11.7 Å². The third kappa shape index (κ3) is 5.57. The predicted molar refractivity (Wildman–Crippen MR) is 122 cm³/mol. The number of rotatable bonds is 7. The third-order valence-electron chi connectivity index (χ3n) is 5.18. The van der Waals surface area contributed by atoms with Crippen LogP contribution in [0.2, 0.25) is 5.02 Å². The van der Waals surface area contributed by atoms with Crippen molar-refractivity contribution < 1.29 is 9.21 Å². The fourth-order valence-corrected chi connectivity index (χ4v) is 4.62. The van der Waals surface area contributed by atoms with Gasteiger partial charge in [0.05, 0.1) is 12.0 Å². The Kier molecular flexibility index (Phi) is 7.09. The highest BCUT2D eigenvalue weighted by Crippen LogP contribution is 2.35. The van der Waals surface area contributed by atoms with Gasteiger partial charge in [-0.3, -0.25) is 9.36 Å². The fraction of sp³-hybridized carbons (Fsp3) is 0.364. The van der Waals surface area contributed by atoms with Gasteiger partial charge < -0.3 is 4.42 Å². The Balaban J connectivity index is 1.46. The number of aromatic nitrogens is 3. The van der Waals surface area contributed by atoms with E-state index in [1.54, 1.807) is 6.07 Å². The number of hydrogen-bond donors (Lipinski definition) is 1. The number of nitrogens with one attached hydrogen (secondary N) is 1. The van der Waals surface area contributed by atoms with Crippen molar-refractivity contribution in [2.75, 3.05) is 5.75 Å². The molecule has 3 aromatic rings. The maximum atomic E-state index is 12.3. The molecule has 1 aromatic carbocycles. The van der Waals surface area contributed by atoms with Gasteiger partial charge in [0.25, 0.3) is 5.91 Å². The summed E-state index contributed by atoms with van der Waals surface area (Å²) in [7, 11) is 0. The molecule has 1 fully saturated rings. The normalized spacial score (nSPS) is 14.9. The van der Waals surface area contributed by atoms with Gasteiger partial charge in [-0.25, -0.2) is 5.43 Å². The van der Waals surface area contributed by atoms with Crippen LogP contribution < -0.4 is 5.43 Å². The van der Waals surface area contributed by atoms with Crippen LogP contribution in [0.5, 0.6) is 0 Å². The van der Waals surface area contributed by atoms with Crippen LogP contribution in [0.15, 0.2) is 51.1 Å². The van der Waals surface area contributed by atoms with Crippen molar-refractivity contribution in [1.82, 2.24) is 20.2 Å². The van der Waals surface area contributed by atoms with Crippen molar-refractivity contribution in [3.63, 3.8) is 0 Å². The van der Waals surface area contributed by atoms with E-state index in [1.165, 1.54) is 37.2 Å². The molecule has 4 rings (SSSR count). The zero-order chi connectivity index (χ0) is 21.6. The van der Waals surface area contributed by atoms with Crippen molar-refractivity contribution in [3.8, 4) is 11.4 Å². The molecule has 1 aliphatic rings. The Labute approximate surface area is 190 Å². The molecule has 0 atom stereocenters. The second-order valence-electron chi connectivity index (χ2n) is 7.51. The molecule has 1 N–H and O–H groups in total. The fourth-order valence-electron chi connectivity index (χ4n) is 3.69. The number of nitrogens with zero attached hydrogens (tertiary/aromatic N) is 4. The lowest BCUT2D eigenvalue weighted by Gasteiger charge is -2.25. The zero-order valence-corrected chi connectivity index (χ0v) is 18.8. The molecule has 9 heteroatoms. The van der Waals surface area contributed by atoms with E-state index in [0.29, 0.717) is 16.8 Å². The van der Waals surface area contributed by atoms with Crippen LogP contribution in [0, 0.1) is 6.92 Å². The van der Waals surface area contributed by atoms with Gasteiger partial charge >= 0.3 is 0 Å². The standard InChI is InChI=1S/C22H24ClN5O2S/c1-15-7-12-19(30-15)13-24-25-20(29)14-31-22-27-26-21(16-8-10-17(23)11-9-16)28(22)18-5-3-2-4-6-18/h7-13,18H,2-6,14H2,1H3,(H,25,29)/b24-13-. The summed E-state index contributed by atoms with van der Waals surface area (Å²) in [6.45, 7) is 1.85. The highest BCUT2D eigenvalue weighted by molar-refractivity contribution is 7.99. The minimum atomic E-state index is -0.212. The summed E-state index contributed by atoms with van der Waals surface area (Å²) >= 11 is 7.42. The maximum Gasteiger partial charge on any atom is 0.250 e. The van der Waals surface area contributed by atoms with E-state index >= 15 is 0 Å². The van der Waals surface area contributed by atoms with Crippen molar-refractivity contribution in [2.24, 2.45) is 5.10 Å². The predicted octanol–water partition coefficient (Wildman–Crippen LogP) is 5.25. The minimum absolute atomic E-state index is 0.194. The highest BCUT2D eigenvalue weighted by Gasteiger charge is 2.24. The molecule has 0 radical (unpaired) electrons. The third-order valence-corrected chi connectivity index (χ3v) is 6.38. The summed E-state index contributed by atoms with van der Waals surface area (Å²) in [5.41, 5.74) is 3.50. The number of furan rings is 1. The number of thioether (sulfide) groups is 1. The quantitative estimate of drug-likeness (QED) is 0.297. The SMILES string of the molecule is Cc1ccc(/C=N\NC(=O)CSc2nnc(-c3ccc(Cl)cc3)n2C2CCCCC2)o1.